The molecule has 3 unspecified atom stereocenters. The maximum absolute atomic E-state index is 9.13. The molecule has 0 aliphatic rings. The maximum atomic E-state index is 9.13. The zero-order valence-electron chi connectivity index (χ0n) is 9.51. The Kier molecular flexibility index (Phi) is 7.29. The van der Waals surface area contributed by atoms with E-state index in [2.05, 4.69) is 26.1 Å². The van der Waals surface area contributed by atoms with Gasteiger partial charge in [0, 0.05) is 12.6 Å². The van der Waals surface area contributed by atoms with Gasteiger partial charge in [0.05, 0.1) is 6.10 Å². The number of hydrogen-bond acceptors (Lipinski definition) is 2. The molecule has 0 rings (SSSR count). The highest BCUT2D eigenvalue weighted by Crippen LogP contribution is 2.11. The van der Waals surface area contributed by atoms with Crippen LogP contribution in [0.2, 0.25) is 0 Å². The van der Waals surface area contributed by atoms with Crippen LogP contribution in [-0.2, 0) is 0 Å². The average molecular weight is 187 g/mol. The van der Waals surface area contributed by atoms with E-state index in [9.17, 15) is 0 Å². The van der Waals surface area contributed by atoms with Crippen LogP contribution in [-0.4, -0.2) is 23.8 Å². The monoisotopic (exact) mass is 187 g/mol. The fourth-order valence-electron chi connectivity index (χ4n) is 1.38. The van der Waals surface area contributed by atoms with E-state index >= 15 is 0 Å². The molecule has 0 amide bonds. The van der Waals surface area contributed by atoms with Gasteiger partial charge < -0.3 is 10.4 Å². The molecule has 0 saturated carbocycles. The van der Waals surface area contributed by atoms with Crippen molar-refractivity contribution in [2.24, 2.45) is 5.92 Å². The van der Waals surface area contributed by atoms with Gasteiger partial charge in [-0.1, -0.05) is 27.2 Å². The van der Waals surface area contributed by atoms with Gasteiger partial charge in [0.1, 0.15) is 0 Å². The summed E-state index contributed by atoms with van der Waals surface area (Å²) >= 11 is 0. The molecule has 2 N–H and O–H groups in total. The van der Waals surface area contributed by atoms with Gasteiger partial charge in [-0.3, -0.25) is 0 Å². The van der Waals surface area contributed by atoms with Crippen molar-refractivity contribution in [2.75, 3.05) is 6.54 Å². The fourth-order valence-corrected chi connectivity index (χ4v) is 1.38. The molecular formula is C11H25NO. The van der Waals surface area contributed by atoms with Crippen molar-refractivity contribution in [3.05, 3.63) is 0 Å². The molecule has 0 spiro atoms. The highest BCUT2D eigenvalue weighted by Gasteiger charge is 2.10. The van der Waals surface area contributed by atoms with Crippen LogP contribution in [0.4, 0.5) is 0 Å². The molecule has 0 heterocycles. The van der Waals surface area contributed by atoms with E-state index in [1.165, 1.54) is 12.8 Å². The van der Waals surface area contributed by atoms with E-state index in [1.54, 1.807) is 0 Å². The third-order valence-corrected chi connectivity index (χ3v) is 2.58. The molecule has 0 saturated heterocycles. The van der Waals surface area contributed by atoms with Gasteiger partial charge in [-0.2, -0.15) is 0 Å². The van der Waals surface area contributed by atoms with Crippen LogP contribution in [0.25, 0.3) is 0 Å². The van der Waals surface area contributed by atoms with Crippen molar-refractivity contribution in [3.63, 3.8) is 0 Å². The van der Waals surface area contributed by atoms with Gasteiger partial charge in [0.25, 0.3) is 0 Å². The first-order valence-corrected chi connectivity index (χ1v) is 5.51. The van der Waals surface area contributed by atoms with Gasteiger partial charge in [0.2, 0.25) is 0 Å². The zero-order chi connectivity index (χ0) is 10.3. The Bertz CT molecular complexity index is 115. The summed E-state index contributed by atoms with van der Waals surface area (Å²) in [7, 11) is 0. The minimum atomic E-state index is -0.231. The van der Waals surface area contributed by atoms with Crippen molar-refractivity contribution in [2.45, 2.75) is 59.1 Å². The number of hydrogen-bond donors (Lipinski definition) is 2. The van der Waals surface area contributed by atoms with Crippen LogP contribution in [0.5, 0.6) is 0 Å². The lowest BCUT2D eigenvalue weighted by molar-refractivity contribution is 0.182. The molecule has 0 aromatic heterocycles. The van der Waals surface area contributed by atoms with Crippen LogP contribution in [0.15, 0.2) is 0 Å². The normalized spacial score (nSPS) is 18.2. The third-order valence-electron chi connectivity index (χ3n) is 2.58. The maximum Gasteiger partial charge on any atom is 0.0636 e. The van der Waals surface area contributed by atoms with Crippen molar-refractivity contribution in [1.82, 2.24) is 5.32 Å². The number of nitrogens with one attached hydrogen (secondary N) is 1. The number of aliphatic hydroxyl groups excluding tert-OH is 1. The van der Waals surface area contributed by atoms with Crippen molar-refractivity contribution in [3.8, 4) is 0 Å². The minimum Gasteiger partial charge on any atom is -0.392 e. The molecule has 0 radical (unpaired) electrons. The van der Waals surface area contributed by atoms with Crippen LogP contribution < -0.4 is 5.32 Å². The van der Waals surface area contributed by atoms with E-state index in [-0.39, 0.29) is 6.10 Å². The van der Waals surface area contributed by atoms with Crippen molar-refractivity contribution >= 4 is 0 Å². The van der Waals surface area contributed by atoms with Gasteiger partial charge in [-0.05, 0) is 25.7 Å². The molecule has 0 bridgehead atoms. The first-order chi connectivity index (χ1) is 6.10. The van der Waals surface area contributed by atoms with Crippen molar-refractivity contribution in [1.29, 1.82) is 0 Å². The van der Waals surface area contributed by atoms with Gasteiger partial charge >= 0.3 is 0 Å². The minimum absolute atomic E-state index is 0.231. The lowest BCUT2D eigenvalue weighted by Crippen LogP contribution is -2.35. The highest BCUT2D eigenvalue weighted by molar-refractivity contribution is 4.69. The zero-order valence-corrected chi connectivity index (χ0v) is 9.51. The summed E-state index contributed by atoms with van der Waals surface area (Å²) in [5.74, 6) is 0.784. The Balaban J connectivity index is 3.62. The van der Waals surface area contributed by atoms with Gasteiger partial charge in [-0.25, -0.2) is 0 Å². The average Bonchev–Trinajstić information content (AvgIpc) is 2.11. The van der Waals surface area contributed by atoms with E-state index in [4.69, 9.17) is 5.11 Å². The molecule has 0 fully saturated rings. The molecule has 3 atom stereocenters. The standard InChI is InChI=1S/C11H25NO/c1-5-9(3)7-11(6-2)12-8-10(4)13/h9-13H,5-8H2,1-4H3. The van der Waals surface area contributed by atoms with E-state index in [0.29, 0.717) is 6.04 Å². The van der Waals surface area contributed by atoms with Gasteiger partial charge in [0.15, 0.2) is 0 Å². The lowest BCUT2D eigenvalue weighted by Gasteiger charge is -2.21. The number of rotatable bonds is 7. The number of aliphatic hydroxyl groups is 1. The largest absolute Gasteiger partial charge is 0.392 e. The topological polar surface area (TPSA) is 32.3 Å². The smallest absolute Gasteiger partial charge is 0.0636 e. The second-order valence-corrected chi connectivity index (χ2v) is 4.11. The molecular weight excluding hydrogens is 162 g/mol. The van der Waals surface area contributed by atoms with Crippen molar-refractivity contribution < 1.29 is 5.11 Å². The highest BCUT2D eigenvalue weighted by atomic mass is 16.3. The lowest BCUT2D eigenvalue weighted by atomic mass is 9.98. The van der Waals surface area contributed by atoms with Gasteiger partial charge in [-0.15, -0.1) is 0 Å². The molecule has 2 nitrogen and oxygen atoms in total. The summed E-state index contributed by atoms with van der Waals surface area (Å²) in [4.78, 5) is 0. The summed E-state index contributed by atoms with van der Waals surface area (Å²) < 4.78 is 0. The summed E-state index contributed by atoms with van der Waals surface area (Å²) in [6, 6.07) is 0.574. The van der Waals surface area contributed by atoms with E-state index in [1.807, 2.05) is 6.92 Å². The van der Waals surface area contributed by atoms with Crippen LogP contribution >= 0.6 is 0 Å². The summed E-state index contributed by atoms with van der Waals surface area (Å²) in [5, 5.41) is 12.5. The molecule has 2 heteroatoms. The quantitative estimate of drug-likeness (QED) is 0.640. The predicted octanol–water partition coefficient (Wildman–Crippen LogP) is 2.17. The molecule has 0 aliphatic heterocycles. The summed E-state index contributed by atoms with van der Waals surface area (Å²) in [5.41, 5.74) is 0. The van der Waals surface area contributed by atoms with E-state index in [0.717, 1.165) is 18.9 Å². The van der Waals surface area contributed by atoms with Crippen LogP contribution in [0.3, 0.4) is 0 Å². The Morgan fingerprint density at radius 3 is 2.15 bits per heavy atom. The Hall–Kier alpha value is -0.0800. The second kappa shape index (κ2) is 7.34. The molecule has 0 aliphatic carbocycles. The molecule has 80 valence electrons. The third kappa shape index (κ3) is 7.03. The van der Waals surface area contributed by atoms with Crippen LogP contribution in [0.1, 0.15) is 47.0 Å². The van der Waals surface area contributed by atoms with E-state index < -0.39 is 0 Å². The Morgan fingerprint density at radius 1 is 1.15 bits per heavy atom. The SMILES string of the molecule is CCC(C)CC(CC)NCC(C)O. The molecule has 0 aromatic rings. The fraction of sp³-hybridized carbons (Fsp3) is 1.00. The summed E-state index contributed by atoms with van der Waals surface area (Å²) in [6.45, 7) is 9.25. The second-order valence-electron chi connectivity index (χ2n) is 4.11. The summed E-state index contributed by atoms with van der Waals surface area (Å²) in [6.07, 6.45) is 3.38. The molecule has 13 heavy (non-hydrogen) atoms. The Labute approximate surface area is 82.7 Å². The molecule has 0 aromatic carbocycles. The predicted molar refractivity (Wildman–Crippen MR) is 57.8 cm³/mol. The first-order valence-electron chi connectivity index (χ1n) is 5.51. The first kappa shape index (κ1) is 12.9. The Morgan fingerprint density at radius 2 is 1.77 bits per heavy atom. The van der Waals surface area contributed by atoms with Crippen LogP contribution in [0, 0.1) is 5.92 Å².